The molecule has 1 N–H and O–H groups in total. The monoisotopic (exact) mass is 379 g/mol. The number of hydrogen-bond donors (Lipinski definition) is 1. The summed E-state index contributed by atoms with van der Waals surface area (Å²) in [6, 6.07) is 4.59. The van der Waals surface area contributed by atoms with Gasteiger partial charge in [-0.3, -0.25) is 9.78 Å². The highest BCUT2D eigenvalue weighted by molar-refractivity contribution is 6.31. The minimum Gasteiger partial charge on any atom is -0.264 e. The van der Waals surface area contributed by atoms with E-state index in [4.69, 9.17) is 11.6 Å². The van der Waals surface area contributed by atoms with Gasteiger partial charge in [-0.15, -0.1) is 0 Å². The first kappa shape index (κ1) is 17.6. The van der Waals surface area contributed by atoms with Crippen molar-refractivity contribution in [1.29, 1.82) is 0 Å². The molecule has 0 amide bonds. The minimum absolute atomic E-state index is 0.214. The Morgan fingerprint density at radius 3 is 2.52 bits per heavy atom. The van der Waals surface area contributed by atoms with E-state index in [-0.39, 0.29) is 11.5 Å². The van der Waals surface area contributed by atoms with Crippen LogP contribution in [-0.2, 0) is 6.54 Å². The van der Waals surface area contributed by atoms with Crippen molar-refractivity contribution in [3.8, 4) is 11.5 Å². The molecule has 2 aromatic heterocycles. The number of alkyl halides is 5. The van der Waals surface area contributed by atoms with Crippen LogP contribution in [0.15, 0.2) is 18.2 Å². The van der Waals surface area contributed by atoms with Gasteiger partial charge in [0.2, 0.25) is 5.82 Å². The number of H-pyrrole nitrogens is 1. The summed E-state index contributed by atoms with van der Waals surface area (Å²) in [4.78, 5) is 4.11. The van der Waals surface area contributed by atoms with Gasteiger partial charge in [-0.25, -0.2) is 4.98 Å². The molecule has 0 bridgehead atoms. The van der Waals surface area contributed by atoms with Crippen LogP contribution in [0.4, 0.5) is 22.0 Å². The number of rotatable bonds is 4. The molecule has 0 aliphatic rings. The predicted octanol–water partition coefficient (Wildman–Crippen LogP) is 4.37. The Bertz CT molecular complexity index is 914. The highest BCUT2D eigenvalue weighted by Crippen LogP contribution is 2.39. The molecule has 0 fully saturated rings. The first-order valence-corrected chi connectivity index (χ1v) is 7.46. The Balaban J connectivity index is 2.02. The molecule has 0 aliphatic carbocycles. The van der Waals surface area contributed by atoms with Crippen LogP contribution >= 0.6 is 11.6 Å². The highest BCUT2D eigenvalue weighted by atomic mass is 35.5. The lowest BCUT2D eigenvalue weighted by atomic mass is 10.2. The molecule has 0 radical (unpaired) electrons. The van der Waals surface area contributed by atoms with Crippen molar-refractivity contribution >= 4 is 22.5 Å². The number of benzene rings is 1. The van der Waals surface area contributed by atoms with Crippen LogP contribution in [0, 0.1) is 6.92 Å². The molecule has 5 nitrogen and oxygen atoms in total. The van der Waals surface area contributed by atoms with Crippen molar-refractivity contribution in [2.75, 3.05) is 0 Å². The molecular weight excluding hydrogens is 369 g/mol. The van der Waals surface area contributed by atoms with E-state index in [0.717, 1.165) is 4.68 Å². The van der Waals surface area contributed by atoms with Gasteiger partial charge in [0.1, 0.15) is 11.5 Å². The van der Waals surface area contributed by atoms with E-state index >= 15 is 0 Å². The number of halogens is 6. The average Bonchev–Trinajstić information content (AvgIpc) is 3.07. The van der Waals surface area contributed by atoms with E-state index in [9.17, 15) is 22.0 Å². The molecule has 0 aliphatic heterocycles. The van der Waals surface area contributed by atoms with E-state index in [0.29, 0.717) is 21.7 Å². The van der Waals surface area contributed by atoms with Gasteiger partial charge < -0.3 is 0 Å². The van der Waals surface area contributed by atoms with Crippen molar-refractivity contribution in [2.24, 2.45) is 0 Å². The summed E-state index contributed by atoms with van der Waals surface area (Å²) in [5, 5.41) is 11.5. The number of fused-ring (bicyclic) bond motifs is 1. The fourth-order valence-corrected chi connectivity index (χ4v) is 2.49. The summed E-state index contributed by atoms with van der Waals surface area (Å²) in [7, 11) is 0. The van der Waals surface area contributed by atoms with Crippen LogP contribution < -0.4 is 0 Å². The van der Waals surface area contributed by atoms with Crippen molar-refractivity contribution < 1.29 is 22.0 Å². The maximum absolute atomic E-state index is 13.2. The van der Waals surface area contributed by atoms with Crippen LogP contribution in [0.2, 0.25) is 5.02 Å². The Morgan fingerprint density at radius 1 is 1.20 bits per heavy atom. The molecular formula is C14H11ClF5N5. The molecule has 0 atom stereocenters. The molecule has 1 aromatic carbocycles. The summed E-state index contributed by atoms with van der Waals surface area (Å²) in [5.74, 6) is -4.09. The molecule has 0 saturated heterocycles. The molecule has 134 valence electrons. The maximum atomic E-state index is 13.2. The Kier molecular flexibility index (Phi) is 4.18. The van der Waals surface area contributed by atoms with Crippen molar-refractivity contribution in [3.05, 3.63) is 29.0 Å². The van der Waals surface area contributed by atoms with Gasteiger partial charge in [0.15, 0.2) is 0 Å². The molecule has 11 heteroatoms. The number of aryl methyl sites for hydroxylation is 2. The standard InChI is InChI=1S/C14H11ClF5N5/c1-7-21-12(23-22-7)11-9-3-2-8(15)6-10(9)25(24-11)5-4-13(16,17)14(18,19)20/h2-3,6H,4-5H2,1H3,(H,21,22,23). The van der Waals surface area contributed by atoms with Gasteiger partial charge in [-0.1, -0.05) is 11.6 Å². The Hall–Kier alpha value is -2.23. The number of nitrogens with one attached hydrogen (secondary N) is 1. The summed E-state index contributed by atoms with van der Waals surface area (Å²) in [5.41, 5.74) is 0.592. The number of aromatic amines is 1. The van der Waals surface area contributed by atoms with Gasteiger partial charge in [0.25, 0.3) is 0 Å². The zero-order chi connectivity index (χ0) is 18.4. The van der Waals surface area contributed by atoms with E-state index in [2.05, 4.69) is 20.3 Å². The van der Waals surface area contributed by atoms with Crippen molar-refractivity contribution in [2.45, 2.75) is 32.0 Å². The van der Waals surface area contributed by atoms with Gasteiger partial charge >= 0.3 is 12.1 Å². The van der Waals surface area contributed by atoms with Gasteiger partial charge in [-0.2, -0.15) is 32.1 Å². The smallest absolute Gasteiger partial charge is 0.264 e. The third-order valence-corrected chi connectivity index (χ3v) is 3.81. The quantitative estimate of drug-likeness (QED) is 0.685. The number of aromatic nitrogens is 5. The molecule has 0 spiro atoms. The third-order valence-electron chi connectivity index (χ3n) is 3.58. The minimum atomic E-state index is -5.61. The molecule has 3 aromatic rings. The maximum Gasteiger partial charge on any atom is 0.453 e. The zero-order valence-corrected chi connectivity index (χ0v) is 13.5. The van der Waals surface area contributed by atoms with Gasteiger partial charge in [0.05, 0.1) is 5.52 Å². The SMILES string of the molecule is Cc1nc(-c2nn(CCC(F)(F)C(F)(F)F)c3cc(Cl)ccc23)n[nH]1. The van der Waals surface area contributed by atoms with Crippen LogP contribution in [0.1, 0.15) is 12.2 Å². The highest BCUT2D eigenvalue weighted by Gasteiger charge is 2.56. The lowest BCUT2D eigenvalue weighted by Gasteiger charge is -2.19. The zero-order valence-electron chi connectivity index (χ0n) is 12.7. The molecule has 0 saturated carbocycles. The van der Waals surface area contributed by atoms with E-state index < -0.39 is 25.1 Å². The molecule has 2 heterocycles. The van der Waals surface area contributed by atoms with Crippen molar-refractivity contribution in [1.82, 2.24) is 25.0 Å². The third kappa shape index (κ3) is 3.30. The summed E-state index contributed by atoms with van der Waals surface area (Å²) >= 11 is 5.91. The summed E-state index contributed by atoms with van der Waals surface area (Å²) in [6.07, 6.45) is -7.05. The topological polar surface area (TPSA) is 59.4 Å². The van der Waals surface area contributed by atoms with E-state index in [1.165, 1.54) is 6.07 Å². The predicted molar refractivity (Wildman–Crippen MR) is 80.5 cm³/mol. The summed E-state index contributed by atoms with van der Waals surface area (Å²) in [6.45, 7) is 1.02. The molecule has 25 heavy (non-hydrogen) atoms. The van der Waals surface area contributed by atoms with Crippen LogP contribution in [0.25, 0.3) is 22.4 Å². The first-order valence-electron chi connectivity index (χ1n) is 7.08. The fourth-order valence-electron chi connectivity index (χ4n) is 2.32. The normalized spacial score (nSPS) is 12.9. The fraction of sp³-hybridized carbons (Fsp3) is 0.357. The van der Waals surface area contributed by atoms with Crippen LogP contribution in [0.5, 0.6) is 0 Å². The number of hydrogen-bond acceptors (Lipinski definition) is 3. The number of nitrogens with zero attached hydrogens (tertiary/aromatic N) is 4. The van der Waals surface area contributed by atoms with E-state index in [1.54, 1.807) is 19.1 Å². The second kappa shape index (κ2) is 5.94. The van der Waals surface area contributed by atoms with Crippen molar-refractivity contribution in [3.63, 3.8) is 0 Å². The average molecular weight is 380 g/mol. The molecule has 0 unspecified atom stereocenters. The lowest BCUT2D eigenvalue weighted by molar-refractivity contribution is -0.285. The Labute approximate surface area is 142 Å². The van der Waals surface area contributed by atoms with Crippen LogP contribution in [-0.4, -0.2) is 37.1 Å². The lowest BCUT2D eigenvalue weighted by Crippen LogP contribution is -2.37. The van der Waals surface area contributed by atoms with Gasteiger partial charge in [0, 0.05) is 23.4 Å². The second-order valence-electron chi connectivity index (χ2n) is 5.43. The summed E-state index contributed by atoms with van der Waals surface area (Å²) < 4.78 is 64.6. The Morgan fingerprint density at radius 2 is 1.92 bits per heavy atom. The second-order valence-corrected chi connectivity index (χ2v) is 5.87. The molecule has 3 rings (SSSR count). The first-order chi connectivity index (χ1) is 11.6. The van der Waals surface area contributed by atoms with Gasteiger partial charge in [-0.05, 0) is 25.1 Å². The largest absolute Gasteiger partial charge is 0.453 e. The van der Waals surface area contributed by atoms with Crippen LogP contribution in [0.3, 0.4) is 0 Å². The van der Waals surface area contributed by atoms with E-state index in [1.807, 2.05) is 0 Å².